The van der Waals surface area contributed by atoms with E-state index in [4.69, 9.17) is 10.2 Å². The highest BCUT2D eigenvalue weighted by Gasteiger charge is 2.63. The van der Waals surface area contributed by atoms with E-state index in [1.165, 1.54) is 19.3 Å². The van der Waals surface area contributed by atoms with Gasteiger partial charge in [0, 0.05) is 12.8 Å². The smallest absolute Gasteiger partial charge is 0.303 e. The molecule has 4 rings (SSSR count). The van der Waals surface area contributed by atoms with Crippen LogP contribution in [0.1, 0.15) is 105 Å². The number of aliphatic carboxylic acids is 2. The molecule has 0 aromatic heterocycles. The molecule has 6 heteroatoms. The van der Waals surface area contributed by atoms with Crippen LogP contribution in [0.15, 0.2) is 0 Å². The molecule has 0 aromatic carbocycles. The first-order valence-corrected chi connectivity index (χ1v) is 13.7. The van der Waals surface area contributed by atoms with Crippen LogP contribution in [0.2, 0.25) is 0 Å². The number of hydrogen-bond donors (Lipinski definition) is 4. The van der Waals surface area contributed by atoms with Crippen molar-refractivity contribution in [3.8, 4) is 0 Å². The molecule has 6 nitrogen and oxygen atoms in total. The average Bonchev–Trinajstić information content (AvgIpc) is 3.12. The number of aliphatic hydroxyl groups is 2. The van der Waals surface area contributed by atoms with E-state index in [1.54, 1.807) is 0 Å². The summed E-state index contributed by atoms with van der Waals surface area (Å²) in [7, 11) is 0. The van der Waals surface area contributed by atoms with E-state index in [1.807, 2.05) is 6.92 Å². The summed E-state index contributed by atoms with van der Waals surface area (Å²) in [5.41, 5.74) is 0.216. The van der Waals surface area contributed by atoms with Crippen LogP contribution in [-0.4, -0.2) is 44.6 Å². The fourth-order valence-corrected chi connectivity index (χ4v) is 8.93. The lowest BCUT2D eigenvalue weighted by molar-refractivity contribution is -0.175. The topological polar surface area (TPSA) is 115 Å². The van der Waals surface area contributed by atoms with Crippen molar-refractivity contribution in [1.82, 2.24) is 0 Å². The molecule has 4 aliphatic rings. The van der Waals surface area contributed by atoms with Gasteiger partial charge >= 0.3 is 11.9 Å². The van der Waals surface area contributed by atoms with Gasteiger partial charge < -0.3 is 20.4 Å². The van der Waals surface area contributed by atoms with Gasteiger partial charge in [-0.25, -0.2) is 0 Å². The van der Waals surface area contributed by atoms with Gasteiger partial charge in [0.2, 0.25) is 0 Å². The second-order valence-electron chi connectivity index (χ2n) is 12.4. The van der Waals surface area contributed by atoms with Gasteiger partial charge in [0.15, 0.2) is 0 Å². The van der Waals surface area contributed by atoms with E-state index in [2.05, 4.69) is 20.8 Å². The Hall–Kier alpha value is -1.14. The second-order valence-corrected chi connectivity index (χ2v) is 12.4. The average molecular weight is 481 g/mol. The predicted molar refractivity (Wildman–Crippen MR) is 131 cm³/mol. The van der Waals surface area contributed by atoms with Crippen molar-refractivity contribution in [3.63, 3.8) is 0 Å². The number of aliphatic hydroxyl groups excluding tert-OH is 2. The van der Waals surface area contributed by atoms with Gasteiger partial charge in [-0.1, -0.05) is 27.7 Å². The zero-order valence-corrected chi connectivity index (χ0v) is 21.7. The summed E-state index contributed by atoms with van der Waals surface area (Å²) in [5, 5.41) is 38.7. The molecule has 196 valence electrons. The van der Waals surface area contributed by atoms with Crippen molar-refractivity contribution in [2.75, 3.05) is 0 Å². The maximum atomic E-state index is 11.5. The number of carbonyl (C=O) groups is 2. The Morgan fingerprint density at radius 1 is 0.912 bits per heavy atom. The number of fused-ring (bicyclic) bond motifs is 5. The van der Waals surface area contributed by atoms with E-state index in [-0.39, 0.29) is 29.5 Å². The molecule has 0 spiro atoms. The summed E-state index contributed by atoms with van der Waals surface area (Å²) in [4.78, 5) is 20.7. The van der Waals surface area contributed by atoms with Crippen LogP contribution in [0.4, 0.5) is 0 Å². The first kappa shape index (κ1) is 27.4. The molecule has 0 amide bonds. The third-order valence-electron chi connectivity index (χ3n) is 10.8. The number of hydrogen-bond acceptors (Lipinski definition) is 4. The summed E-state index contributed by atoms with van der Waals surface area (Å²) in [5.74, 6) is 1.84. The molecular formula is C28H48O6. The third-order valence-corrected chi connectivity index (χ3v) is 10.8. The molecule has 0 saturated heterocycles. The van der Waals surface area contributed by atoms with E-state index in [9.17, 15) is 19.8 Å². The van der Waals surface area contributed by atoms with Crippen LogP contribution < -0.4 is 0 Å². The first-order chi connectivity index (χ1) is 15.9. The molecule has 0 aliphatic heterocycles. The van der Waals surface area contributed by atoms with Gasteiger partial charge in [0.05, 0.1) is 12.2 Å². The lowest BCUT2D eigenvalue weighted by atomic mass is 9.43. The highest BCUT2D eigenvalue weighted by molar-refractivity contribution is 5.66. The summed E-state index contributed by atoms with van der Waals surface area (Å²) in [6, 6.07) is 0. The van der Waals surface area contributed by atoms with E-state index in [0.717, 1.165) is 44.9 Å². The van der Waals surface area contributed by atoms with Gasteiger partial charge in [0.1, 0.15) is 0 Å². The molecule has 0 radical (unpaired) electrons. The first-order valence-electron chi connectivity index (χ1n) is 13.7. The van der Waals surface area contributed by atoms with Crippen LogP contribution in [0.25, 0.3) is 0 Å². The minimum atomic E-state index is -0.711. The summed E-state index contributed by atoms with van der Waals surface area (Å²) >= 11 is 0. The number of carboxylic acid groups (broad SMARTS) is 2. The second kappa shape index (κ2) is 10.9. The molecule has 4 N–H and O–H groups in total. The highest BCUT2D eigenvalue weighted by Crippen LogP contribution is 2.68. The molecule has 10 atom stereocenters. The molecular weight excluding hydrogens is 432 g/mol. The van der Waals surface area contributed by atoms with Crippen molar-refractivity contribution in [1.29, 1.82) is 0 Å². The molecule has 0 unspecified atom stereocenters. The normalized spacial score (nSPS) is 44.0. The molecule has 34 heavy (non-hydrogen) atoms. The van der Waals surface area contributed by atoms with Crippen LogP contribution in [-0.2, 0) is 9.59 Å². The quantitative estimate of drug-likeness (QED) is 0.407. The maximum Gasteiger partial charge on any atom is 0.303 e. The van der Waals surface area contributed by atoms with Gasteiger partial charge in [-0.15, -0.1) is 0 Å². The van der Waals surface area contributed by atoms with Crippen molar-refractivity contribution >= 4 is 11.9 Å². The zero-order valence-electron chi connectivity index (χ0n) is 21.7. The maximum absolute atomic E-state index is 11.5. The molecule has 0 heterocycles. The van der Waals surface area contributed by atoms with Crippen molar-refractivity contribution < 1.29 is 30.0 Å². The van der Waals surface area contributed by atoms with Gasteiger partial charge in [-0.2, -0.15) is 0 Å². The molecule has 4 aliphatic carbocycles. The largest absolute Gasteiger partial charge is 0.481 e. The SMILES string of the molecule is CCCC(=O)O.C[C@H](CCC(=O)O)[C@H]1CC[C@H]2[C@@H]3CC[C@@H]4C[C@H](O)CC[C@]4(C)[C@H]3C[C@H](O)[C@]12C. The van der Waals surface area contributed by atoms with Gasteiger partial charge in [0.25, 0.3) is 0 Å². The minimum Gasteiger partial charge on any atom is -0.481 e. The van der Waals surface area contributed by atoms with Crippen LogP contribution in [0.3, 0.4) is 0 Å². The highest BCUT2D eigenvalue weighted by atomic mass is 16.4. The Labute approximate surface area is 205 Å². The zero-order chi connectivity index (χ0) is 25.3. The van der Waals surface area contributed by atoms with E-state index < -0.39 is 11.9 Å². The van der Waals surface area contributed by atoms with E-state index in [0.29, 0.717) is 41.9 Å². The molecule has 4 fully saturated rings. The fourth-order valence-electron chi connectivity index (χ4n) is 8.93. The van der Waals surface area contributed by atoms with Crippen molar-refractivity contribution in [2.45, 2.75) is 117 Å². The Kier molecular flexibility index (Phi) is 8.77. The van der Waals surface area contributed by atoms with Crippen LogP contribution in [0, 0.1) is 46.3 Å². The van der Waals surface area contributed by atoms with E-state index >= 15 is 0 Å². The predicted octanol–water partition coefficient (Wildman–Crippen LogP) is 5.35. The van der Waals surface area contributed by atoms with Crippen LogP contribution in [0.5, 0.6) is 0 Å². The number of carboxylic acids is 2. The fraction of sp³-hybridized carbons (Fsp3) is 0.929. The van der Waals surface area contributed by atoms with Gasteiger partial charge in [-0.3, -0.25) is 9.59 Å². The summed E-state index contributed by atoms with van der Waals surface area (Å²) in [6.07, 6.45) is 10.3. The standard InChI is InChI=1S/C24H40O4.C4H8O2/c1-14(4-9-22(27)28)18-7-8-19-17-6-5-15-12-16(25)10-11-23(15,2)20(17)13-21(26)24(18,19)3;1-2-3-4(5)6/h14-21,25-26H,4-13H2,1-3H3,(H,27,28);2-3H2,1H3,(H,5,6)/t14-,15-,16-,17+,18-,19+,20+,21+,23+,24-;/m1./s1. The number of rotatable bonds is 6. The molecule has 0 aromatic rings. The van der Waals surface area contributed by atoms with Crippen molar-refractivity contribution in [3.05, 3.63) is 0 Å². The molecule has 0 bridgehead atoms. The lowest BCUT2D eigenvalue weighted by Gasteiger charge is -2.62. The monoisotopic (exact) mass is 480 g/mol. The lowest BCUT2D eigenvalue weighted by Crippen LogP contribution is -2.58. The minimum absolute atomic E-state index is 0.0591. The Morgan fingerprint density at radius 2 is 1.59 bits per heavy atom. The Balaban J connectivity index is 0.000000481. The van der Waals surface area contributed by atoms with Crippen molar-refractivity contribution in [2.24, 2.45) is 46.3 Å². The Morgan fingerprint density at radius 3 is 2.18 bits per heavy atom. The summed E-state index contributed by atoms with van der Waals surface area (Å²) < 4.78 is 0. The third kappa shape index (κ3) is 5.18. The van der Waals surface area contributed by atoms with Crippen LogP contribution >= 0.6 is 0 Å². The van der Waals surface area contributed by atoms with Gasteiger partial charge in [-0.05, 0) is 111 Å². The molecule has 4 saturated carbocycles. The Bertz CT molecular complexity index is 724. The summed E-state index contributed by atoms with van der Waals surface area (Å²) in [6.45, 7) is 8.83.